The van der Waals surface area contributed by atoms with Crippen LogP contribution in [0.2, 0.25) is 0 Å². The van der Waals surface area contributed by atoms with Crippen molar-refractivity contribution in [1.29, 1.82) is 0 Å². The zero-order chi connectivity index (χ0) is 20.4. The molecule has 3 heterocycles. The molecule has 8 heteroatoms. The third-order valence-corrected chi connectivity index (χ3v) is 6.28. The fourth-order valence-electron chi connectivity index (χ4n) is 4.14. The number of urea groups is 1. The molecule has 0 bridgehead atoms. The van der Waals surface area contributed by atoms with E-state index in [1.165, 1.54) is 0 Å². The Morgan fingerprint density at radius 3 is 2.64 bits per heavy atom. The molecule has 2 saturated heterocycles. The van der Waals surface area contributed by atoms with Gasteiger partial charge in [-0.2, -0.15) is 0 Å². The van der Waals surface area contributed by atoms with Gasteiger partial charge >= 0.3 is 6.03 Å². The van der Waals surface area contributed by atoms with E-state index in [2.05, 4.69) is 41.3 Å². The number of rotatable bonds is 3. The van der Waals surface area contributed by atoms with E-state index >= 15 is 0 Å². The summed E-state index contributed by atoms with van der Waals surface area (Å²) >= 11 is 0. The number of nitrogens with zero attached hydrogens (tertiary/aromatic N) is 4. The van der Waals surface area contributed by atoms with Crippen LogP contribution in [0.1, 0.15) is 40.0 Å². The molecular weight excluding hydrogens is 356 g/mol. The average Bonchev–Trinajstić information content (AvgIpc) is 3.12. The van der Waals surface area contributed by atoms with E-state index < -0.39 is 5.54 Å². The predicted octanol–water partition coefficient (Wildman–Crippen LogP) is 1.29. The molecule has 0 saturated carbocycles. The van der Waals surface area contributed by atoms with Gasteiger partial charge in [0, 0.05) is 45.1 Å². The molecule has 0 aliphatic carbocycles. The van der Waals surface area contributed by atoms with E-state index in [0.717, 1.165) is 19.5 Å². The summed E-state index contributed by atoms with van der Waals surface area (Å²) < 4.78 is 1.99. The number of hydrogen-bond acceptors (Lipinski definition) is 4. The van der Waals surface area contributed by atoms with Gasteiger partial charge in [-0.15, -0.1) is 0 Å². The molecule has 1 atom stereocenters. The van der Waals surface area contributed by atoms with Gasteiger partial charge in [0.2, 0.25) is 5.91 Å². The highest BCUT2D eigenvalue weighted by Crippen LogP contribution is 2.30. The van der Waals surface area contributed by atoms with Crippen molar-refractivity contribution in [2.75, 3.05) is 33.2 Å². The van der Waals surface area contributed by atoms with Crippen molar-refractivity contribution in [3.63, 3.8) is 0 Å². The van der Waals surface area contributed by atoms with Crippen molar-refractivity contribution in [3.05, 3.63) is 18.7 Å². The summed E-state index contributed by atoms with van der Waals surface area (Å²) in [7, 11) is 2.03. The Morgan fingerprint density at radius 1 is 1.32 bits per heavy atom. The minimum atomic E-state index is -0.479. The van der Waals surface area contributed by atoms with Gasteiger partial charge in [-0.3, -0.25) is 9.69 Å². The largest absolute Gasteiger partial charge is 0.354 e. The highest BCUT2D eigenvalue weighted by molar-refractivity contribution is 5.87. The summed E-state index contributed by atoms with van der Waals surface area (Å²) in [4.78, 5) is 33.8. The highest BCUT2D eigenvalue weighted by atomic mass is 16.2. The van der Waals surface area contributed by atoms with Crippen LogP contribution in [0.15, 0.2) is 18.7 Å². The summed E-state index contributed by atoms with van der Waals surface area (Å²) in [5.74, 6) is 0.111. The quantitative estimate of drug-likeness (QED) is 0.815. The Hall–Kier alpha value is -2.09. The minimum Gasteiger partial charge on any atom is -0.354 e. The van der Waals surface area contributed by atoms with Gasteiger partial charge in [0.25, 0.3) is 0 Å². The van der Waals surface area contributed by atoms with Crippen LogP contribution in [0.4, 0.5) is 4.79 Å². The smallest absolute Gasteiger partial charge is 0.317 e. The number of amides is 3. The third kappa shape index (κ3) is 4.32. The van der Waals surface area contributed by atoms with Crippen molar-refractivity contribution < 1.29 is 9.59 Å². The first kappa shape index (κ1) is 20.6. The maximum absolute atomic E-state index is 13.0. The Labute approximate surface area is 167 Å². The molecule has 1 aromatic rings. The highest BCUT2D eigenvalue weighted by Gasteiger charge is 2.46. The first-order chi connectivity index (χ1) is 13.2. The monoisotopic (exact) mass is 390 g/mol. The number of likely N-dealkylation sites (tertiary alicyclic amines) is 1. The lowest BCUT2D eigenvalue weighted by molar-refractivity contribution is -0.134. The first-order valence-corrected chi connectivity index (χ1v) is 10.2. The Kier molecular flexibility index (Phi) is 5.98. The summed E-state index contributed by atoms with van der Waals surface area (Å²) in [6.45, 7) is 9.88. The van der Waals surface area contributed by atoms with E-state index in [9.17, 15) is 9.59 Å². The van der Waals surface area contributed by atoms with E-state index in [0.29, 0.717) is 32.5 Å². The topological polar surface area (TPSA) is 82.5 Å². The summed E-state index contributed by atoms with van der Waals surface area (Å²) in [6.07, 6.45) is 7.75. The lowest BCUT2D eigenvalue weighted by Crippen LogP contribution is -2.62. The number of piperidine rings is 1. The molecule has 3 amide bonds. The molecule has 2 fully saturated rings. The van der Waals surface area contributed by atoms with Gasteiger partial charge < -0.3 is 20.1 Å². The average molecular weight is 391 g/mol. The van der Waals surface area contributed by atoms with Gasteiger partial charge in [-0.1, -0.05) is 20.8 Å². The van der Waals surface area contributed by atoms with Crippen LogP contribution in [0.25, 0.3) is 0 Å². The summed E-state index contributed by atoms with van der Waals surface area (Å²) in [6, 6.07) is -0.0690. The van der Waals surface area contributed by atoms with E-state index in [-0.39, 0.29) is 23.4 Å². The van der Waals surface area contributed by atoms with Crippen LogP contribution in [0.5, 0.6) is 0 Å². The second-order valence-electron chi connectivity index (χ2n) is 9.18. The van der Waals surface area contributed by atoms with Crippen LogP contribution in [0, 0.1) is 5.41 Å². The fraction of sp³-hybridized carbons (Fsp3) is 0.750. The Morgan fingerprint density at radius 2 is 2.04 bits per heavy atom. The van der Waals surface area contributed by atoms with E-state index in [1.54, 1.807) is 12.5 Å². The zero-order valence-electron chi connectivity index (χ0n) is 17.6. The summed E-state index contributed by atoms with van der Waals surface area (Å²) in [5.41, 5.74) is -0.564. The number of carbonyl (C=O) groups excluding carboxylic acids is 2. The number of hydrogen-bond donors (Lipinski definition) is 2. The number of nitrogens with one attached hydrogen (secondary N) is 2. The molecule has 2 N–H and O–H groups in total. The van der Waals surface area contributed by atoms with Crippen molar-refractivity contribution >= 4 is 11.9 Å². The number of imidazole rings is 1. The van der Waals surface area contributed by atoms with Crippen molar-refractivity contribution in [2.45, 2.75) is 58.2 Å². The van der Waals surface area contributed by atoms with Crippen LogP contribution in [0.3, 0.4) is 0 Å². The SMILES string of the molecule is CN1CCCNC(=O)C12CCN(C(=O)N[C@@H](Cn1ccnc1)C(C)(C)C)CC2. The van der Waals surface area contributed by atoms with Crippen molar-refractivity contribution in [3.8, 4) is 0 Å². The van der Waals surface area contributed by atoms with Crippen LogP contribution in [-0.2, 0) is 11.3 Å². The Balaban J connectivity index is 1.63. The van der Waals surface area contributed by atoms with Crippen molar-refractivity contribution in [2.24, 2.45) is 5.41 Å². The molecule has 0 aromatic carbocycles. The second kappa shape index (κ2) is 8.11. The van der Waals surface area contributed by atoms with E-state index in [1.807, 2.05) is 22.7 Å². The number of aromatic nitrogens is 2. The molecule has 3 rings (SSSR count). The second-order valence-corrected chi connectivity index (χ2v) is 9.18. The maximum atomic E-state index is 13.0. The molecule has 0 unspecified atom stereocenters. The van der Waals surface area contributed by atoms with Crippen LogP contribution in [-0.4, -0.2) is 76.1 Å². The van der Waals surface area contributed by atoms with Gasteiger partial charge in [0.1, 0.15) is 5.54 Å². The van der Waals surface area contributed by atoms with E-state index in [4.69, 9.17) is 0 Å². The fourth-order valence-corrected chi connectivity index (χ4v) is 4.14. The molecule has 2 aliphatic heterocycles. The van der Waals surface area contributed by atoms with Crippen molar-refractivity contribution in [1.82, 2.24) is 30.0 Å². The predicted molar refractivity (Wildman–Crippen MR) is 108 cm³/mol. The molecular formula is C20H34N6O2. The zero-order valence-corrected chi connectivity index (χ0v) is 17.6. The standard InChI is InChI=1S/C20H34N6O2/c1-19(2,3)16(14-25-13-9-21-15-25)23-18(28)26-11-6-20(7-12-26)17(27)22-8-5-10-24(20)4/h9,13,15-16H,5-8,10-12,14H2,1-4H3,(H,22,27)(H,23,28)/t16-/m0/s1. The molecule has 1 aromatic heterocycles. The Bertz CT molecular complexity index is 673. The van der Waals surface area contributed by atoms with Gasteiger partial charge in [0.15, 0.2) is 0 Å². The lowest BCUT2D eigenvalue weighted by Gasteiger charge is -2.45. The van der Waals surface area contributed by atoms with Gasteiger partial charge in [-0.25, -0.2) is 9.78 Å². The molecule has 28 heavy (non-hydrogen) atoms. The lowest BCUT2D eigenvalue weighted by atomic mass is 9.85. The molecule has 2 aliphatic rings. The molecule has 8 nitrogen and oxygen atoms in total. The molecule has 0 radical (unpaired) electrons. The minimum absolute atomic E-state index is 0.0195. The maximum Gasteiger partial charge on any atom is 0.317 e. The third-order valence-electron chi connectivity index (χ3n) is 6.28. The number of likely N-dealkylation sites (N-methyl/N-ethyl adjacent to an activating group) is 1. The van der Waals surface area contributed by atoms with Crippen LogP contribution < -0.4 is 10.6 Å². The molecule has 156 valence electrons. The summed E-state index contributed by atoms with van der Waals surface area (Å²) in [5, 5.41) is 6.26. The first-order valence-electron chi connectivity index (χ1n) is 10.2. The van der Waals surface area contributed by atoms with Crippen LogP contribution >= 0.6 is 0 Å². The number of carbonyl (C=O) groups is 2. The van der Waals surface area contributed by atoms with Gasteiger partial charge in [0.05, 0.1) is 12.4 Å². The van der Waals surface area contributed by atoms with Gasteiger partial charge in [-0.05, 0) is 31.7 Å². The normalized spacial score (nSPS) is 21.9. The molecule has 1 spiro atoms.